The van der Waals surface area contributed by atoms with Gasteiger partial charge in [0.05, 0.1) is 5.75 Å². The molecule has 3 aromatic rings. The molecule has 5 nitrogen and oxygen atoms in total. The average molecular weight is 380 g/mol. The summed E-state index contributed by atoms with van der Waals surface area (Å²) in [4.78, 5) is 12.3. The quantitative estimate of drug-likeness (QED) is 0.658. The van der Waals surface area contributed by atoms with Gasteiger partial charge in [-0.1, -0.05) is 66.7 Å². The molecule has 0 saturated carbocycles. The van der Waals surface area contributed by atoms with Gasteiger partial charge in [-0.25, -0.2) is 8.42 Å². The molecule has 0 aromatic heterocycles. The van der Waals surface area contributed by atoms with Crippen molar-refractivity contribution in [2.45, 2.75) is 12.3 Å². The summed E-state index contributed by atoms with van der Waals surface area (Å²) in [7, 11) is -3.57. The van der Waals surface area contributed by atoms with Crippen LogP contribution in [0.15, 0.2) is 84.9 Å². The molecule has 0 heterocycles. The summed E-state index contributed by atoms with van der Waals surface area (Å²) in [6, 6.07) is 25.0. The van der Waals surface area contributed by atoms with Gasteiger partial charge in [0.2, 0.25) is 10.0 Å². The lowest BCUT2D eigenvalue weighted by atomic mass is 10.2. The second kappa shape index (κ2) is 8.51. The van der Waals surface area contributed by atoms with Crippen molar-refractivity contribution in [2.24, 2.45) is 0 Å². The van der Waals surface area contributed by atoms with Crippen LogP contribution in [0.4, 0.5) is 5.69 Å². The monoisotopic (exact) mass is 380 g/mol. The first-order valence-electron chi connectivity index (χ1n) is 8.48. The maximum absolute atomic E-state index is 12.3. The third-order valence-electron chi connectivity index (χ3n) is 3.89. The van der Waals surface area contributed by atoms with Gasteiger partial charge in [-0.2, -0.15) is 0 Å². The molecule has 2 N–H and O–H groups in total. The van der Waals surface area contributed by atoms with E-state index in [1.807, 2.05) is 36.4 Å². The predicted octanol–water partition coefficient (Wildman–Crippen LogP) is 3.56. The zero-order valence-corrected chi connectivity index (χ0v) is 15.4. The highest BCUT2D eigenvalue weighted by molar-refractivity contribution is 7.91. The van der Waals surface area contributed by atoms with Crippen molar-refractivity contribution < 1.29 is 13.2 Å². The standard InChI is InChI=1S/C21H20N2O3S/c24-21(22-15-17-8-3-1-4-9-17)19-12-7-13-20(14-19)23-27(25,26)16-18-10-5-2-6-11-18/h1-14,23H,15-16H2,(H,22,24). The van der Waals surface area contributed by atoms with Crippen LogP contribution in [-0.4, -0.2) is 14.3 Å². The maximum Gasteiger partial charge on any atom is 0.251 e. The lowest BCUT2D eigenvalue weighted by Gasteiger charge is -2.10. The summed E-state index contributed by atoms with van der Waals surface area (Å²) in [6.07, 6.45) is 0. The molecular formula is C21H20N2O3S. The number of benzene rings is 3. The van der Waals surface area contributed by atoms with E-state index < -0.39 is 10.0 Å². The van der Waals surface area contributed by atoms with E-state index in [1.165, 1.54) is 6.07 Å². The molecule has 3 aromatic carbocycles. The smallest absolute Gasteiger partial charge is 0.251 e. The summed E-state index contributed by atoms with van der Waals surface area (Å²) in [5.41, 5.74) is 2.44. The molecule has 0 fully saturated rings. The molecule has 0 unspecified atom stereocenters. The number of anilines is 1. The number of carbonyl (C=O) groups excluding carboxylic acids is 1. The SMILES string of the molecule is O=C(NCc1ccccc1)c1cccc(NS(=O)(=O)Cc2ccccc2)c1. The van der Waals surface area contributed by atoms with Crippen LogP contribution in [0.5, 0.6) is 0 Å². The number of sulfonamides is 1. The highest BCUT2D eigenvalue weighted by Crippen LogP contribution is 2.15. The van der Waals surface area contributed by atoms with Crippen molar-refractivity contribution in [3.63, 3.8) is 0 Å². The van der Waals surface area contributed by atoms with E-state index in [0.29, 0.717) is 23.4 Å². The zero-order chi connectivity index (χ0) is 19.1. The first kappa shape index (κ1) is 18.7. The van der Waals surface area contributed by atoms with Crippen molar-refractivity contribution in [3.05, 3.63) is 102 Å². The lowest BCUT2D eigenvalue weighted by molar-refractivity contribution is 0.0951. The van der Waals surface area contributed by atoms with E-state index in [9.17, 15) is 13.2 Å². The summed E-state index contributed by atoms with van der Waals surface area (Å²) >= 11 is 0. The number of hydrogen-bond acceptors (Lipinski definition) is 3. The highest BCUT2D eigenvalue weighted by atomic mass is 32.2. The fourth-order valence-electron chi connectivity index (χ4n) is 2.61. The molecule has 0 aliphatic heterocycles. The molecule has 0 aliphatic rings. The van der Waals surface area contributed by atoms with Crippen molar-refractivity contribution in [1.82, 2.24) is 5.32 Å². The topological polar surface area (TPSA) is 75.3 Å². The molecule has 27 heavy (non-hydrogen) atoms. The van der Waals surface area contributed by atoms with Crippen molar-refractivity contribution in [2.75, 3.05) is 4.72 Å². The van der Waals surface area contributed by atoms with E-state index in [1.54, 1.807) is 42.5 Å². The molecule has 3 rings (SSSR count). The molecule has 0 atom stereocenters. The Morgan fingerprint density at radius 3 is 2.07 bits per heavy atom. The van der Waals surface area contributed by atoms with Crippen LogP contribution in [0.2, 0.25) is 0 Å². The van der Waals surface area contributed by atoms with Gasteiger partial charge in [0.1, 0.15) is 0 Å². The Balaban J connectivity index is 1.65. The Morgan fingerprint density at radius 2 is 1.41 bits per heavy atom. The van der Waals surface area contributed by atoms with Gasteiger partial charge in [-0.3, -0.25) is 9.52 Å². The van der Waals surface area contributed by atoms with Crippen LogP contribution in [0.25, 0.3) is 0 Å². The third-order valence-corrected chi connectivity index (χ3v) is 5.15. The van der Waals surface area contributed by atoms with Crippen LogP contribution in [-0.2, 0) is 22.3 Å². The van der Waals surface area contributed by atoms with Crippen LogP contribution < -0.4 is 10.0 Å². The Bertz CT molecular complexity index is 1000. The zero-order valence-electron chi connectivity index (χ0n) is 14.6. The molecule has 1 amide bonds. The van der Waals surface area contributed by atoms with Gasteiger partial charge < -0.3 is 5.32 Å². The van der Waals surface area contributed by atoms with Crippen molar-refractivity contribution >= 4 is 21.6 Å². The van der Waals surface area contributed by atoms with Gasteiger partial charge in [-0.05, 0) is 29.3 Å². The van der Waals surface area contributed by atoms with E-state index >= 15 is 0 Å². The van der Waals surface area contributed by atoms with Crippen LogP contribution in [0.1, 0.15) is 21.5 Å². The van der Waals surface area contributed by atoms with E-state index in [4.69, 9.17) is 0 Å². The normalized spacial score (nSPS) is 11.0. The van der Waals surface area contributed by atoms with E-state index in [2.05, 4.69) is 10.0 Å². The Hall–Kier alpha value is -3.12. The largest absolute Gasteiger partial charge is 0.348 e. The number of carbonyl (C=O) groups is 1. The summed E-state index contributed by atoms with van der Waals surface area (Å²) in [5, 5.41) is 2.83. The minimum absolute atomic E-state index is 0.127. The van der Waals surface area contributed by atoms with Gasteiger partial charge >= 0.3 is 0 Å². The molecule has 0 aliphatic carbocycles. The fourth-order valence-corrected chi connectivity index (χ4v) is 3.80. The van der Waals surface area contributed by atoms with Crippen molar-refractivity contribution in [3.8, 4) is 0 Å². The fraction of sp³-hybridized carbons (Fsp3) is 0.0952. The van der Waals surface area contributed by atoms with Crippen LogP contribution in [0, 0.1) is 0 Å². The Kier molecular flexibility index (Phi) is 5.88. The van der Waals surface area contributed by atoms with Gasteiger partial charge in [0.15, 0.2) is 0 Å². The van der Waals surface area contributed by atoms with E-state index in [-0.39, 0.29) is 11.7 Å². The third kappa shape index (κ3) is 5.69. The molecule has 0 spiro atoms. The second-order valence-corrected chi connectivity index (χ2v) is 7.82. The number of hydrogen-bond donors (Lipinski definition) is 2. The maximum atomic E-state index is 12.3. The van der Waals surface area contributed by atoms with Gasteiger partial charge in [0, 0.05) is 17.8 Å². The molecule has 0 saturated heterocycles. The Labute approximate surface area is 159 Å². The van der Waals surface area contributed by atoms with Crippen LogP contribution in [0.3, 0.4) is 0 Å². The molecule has 138 valence electrons. The van der Waals surface area contributed by atoms with Crippen molar-refractivity contribution in [1.29, 1.82) is 0 Å². The Morgan fingerprint density at radius 1 is 0.778 bits per heavy atom. The summed E-state index contributed by atoms with van der Waals surface area (Å²) in [5.74, 6) is -0.388. The molecule has 0 radical (unpaired) electrons. The molecule has 0 bridgehead atoms. The number of rotatable bonds is 7. The summed E-state index contributed by atoms with van der Waals surface area (Å²) < 4.78 is 27.2. The van der Waals surface area contributed by atoms with Crippen LogP contribution >= 0.6 is 0 Å². The average Bonchev–Trinajstić information content (AvgIpc) is 2.67. The minimum Gasteiger partial charge on any atom is -0.348 e. The van der Waals surface area contributed by atoms with Gasteiger partial charge in [-0.15, -0.1) is 0 Å². The lowest BCUT2D eigenvalue weighted by Crippen LogP contribution is -2.23. The first-order chi connectivity index (χ1) is 13.0. The predicted molar refractivity (Wildman–Crippen MR) is 107 cm³/mol. The number of amides is 1. The first-order valence-corrected chi connectivity index (χ1v) is 10.1. The highest BCUT2D eigenvalue weighted by Gasteiger charge is 2.13. The van der Waals surface area contributed by atoms with Gasteiger partial charge in [0.25, 0.3) is 5.91 Å². The molecule has 6 heteroatoms. The summed E-state index contributed by atoms with van der Waals surface area (Å²) in [6.45, 7) is 0.406. The molecular weight excluding hydrogens is 360 g/mol. The van der Waals surface area contributed by atoms with E-state index in [0.717, 1.165) is 5.56 Å². The number of nitrogens with one attached hydrogen (secondary N) is 2. The minimum atomic E-state index is -3.57. The second-order valence-electron chi connectivity index (χ2n) is 6.10.